The lowest BCUT2D eigenvalue weighted by atomic mass is 10.4. The van der Waals surface area contributed by atoms with E-state index in [-0.39, 0.29) is 17.1 Å². The van der Waals surface area contributed by atoms with E-state index in [1.807, 2.05) is 0 Å². The van der Waals surface area contributed by atoms with Crippen molar-refractivity contribution in [1.82, 2.24) is 4.90 Å². The number of hydrogen-bond acceptors (Lipinski definition) is 6. The van der Waals surface area contributed by atoms with Crippen molar-refractivity contribution < 1.29 is 23.8 Å². The Labute approximate surface area is 143 Å². The predicted molar refractivity (Wildman–Crippen MR) is 90.6 cm³/mol. The van der Waals surface area contributed by atoms with Crippen molar-refractivity contribution in [2.75, 3.05) is 51.9 Å². The van der Waals surface area contributed by atoms with Crippen molar-refractivity contribution in [2.24, 2.45) is 0 Å². The summed E-state index contributed by atoms with van der Waals surface area (Å²) in [6, 6.07) is 0. The molecule has 0 radical (unpaired) electrons. The molecule has 0 N–H and O–H groups in total. The quantitative estimate of drug-likeness (QED) is 0.352. The fourth-order valence-electron chi connectivity index (χ4n) is 2.12. The zero-order valence-electron chi connectivity index (χ0n) is 14.3. The molecule has 1 fully saturated rings. The van der Waals surface area contributed by atoms with Crippen LogP contribution < -0.4 is 0 Å². The normalized spacial score (nSPS) is 18.2. The minimum atomic E-state index is -0.200. The maximum Gasteiger partial charge on any atom is 0.242 e. The van der Waals surface area contributed by atoms with Crippen molar-refractivity contribution >= 4 is 23.6 Å². The summed E-state index contributed by atoms with van der Waals surface area (Å²) in [6.45, 7) is 7.69. The number of rotatable bonds is 14. The molecule has 0 saturated carbocycles. The van der Waals surface area contributed by atoms with Crippen molar-refractivity contribution in [3.8, 4) is 0 Å². The van der Waals surface area contributed by atoms with Crippen LogP contribution in [-0.2, 0) is 23.8 Å². The molecular formula is C16H29NO5S. The molecule has 0 aromatic rings. The van der Waals surface area contributed by atoms with Crippen LogP contribution in [0.3, 0.4) is 0 Å². The van der Waals surface area contributed by atoms with Crippen LogP contribution in [0.25, 0.3) is 0 Å². The van der Waals surface area contributed by atoms with Gasteiger partial charge in [-0.25, -0.2) is 0 Å². The second-order valence-corrected chi connectivity index (χ2v) is 6.59. The number of ether oxygens (including phenoxy) is 3. The fourth-order valence-corrected chi connectivity index (χ4v) is 3.17. The van der Waals surface area contributed by atoms with Crippen LogP contribution in [0.4, 0.5) is 0 Å². The number of thioether (sulfide) groups is 1. The molecule has 1 atom stereocenters. The van der Waals surface area contributed by atoms with Gasteiger partial charge in [-0.2, -0.15) is 0 Å². The van der Waals surface area contributed by atoms with Gasteiger partial charge in [0.25, 0.3) is 0 Å². The van der Waals surface area contributed by atoms with Gasteiger partial charge >= 0.3 is 0 Å². The summed E-state index contributed by atoms with van der Waals surface area (Å²) in [5.74, 6) is 0.755. The molecule has 0 bridgehead atoms. The van der Waals surface area contributed by atoms with Crippen molar-refractivity contribution in [3.63, 3.8) is 0 Å². The van der Waals surface area contributed by atoms with Gasteiger partial charge in [0, 0.05) is 13.0 Å². The summed E-state index contributed by atoms with van der Waals surface area (Å²) in [4.78, 5) is 25.3. The lowest BCUT2D eigenvalue weighted by Crippen LogP contribution is -2.34. The molecule has 0 aromatic carbocycles. The minimum Gasteiger partial charge on any atom is -0.379 e. The average Bonchev–Trinajstić information content (AvgIpc) is 2.81. The predicted octanol–water partition coefficient (Wildman–Crippen LogP) is 1.72. The standard InChI is InChI=1S/C16H29NO5S/c1-3-6-20-8-10-22-11-9-21-7-5-17-15(18)13-14(16(17)19)23-12-4-2/h14H,3-13H2,1-2H3. The van der Waals surface area contributed by atoms with Crippen LogP contribution in [0, 0.1) is 0 Å². The topological polar surface area (TPSA) is 65.1 Å². The summed E-state index contributed by atoms with van der Waals surface area (Å²) >= 11 is 1.57. The first-order chi connectivity index (χ1) is 11.2. The van der Waals surface area contributed by atoms with Crippen LogP contribution in [0.2, 0.25) is 0 Å². The molecule has 23 heavy (non-hydrogen) atoms. The molecule has 7 heteroatoms. The van der Waals surface area contributed by atoms with E-state index >= 15 is 0 Å². The average molecular weight is 347 g/mol. The number of nitrogens with zero attached hydrogens (tertiary/aromatic N) is 1. The number of carbonyl (C=O) groups excluding carboxylic acids is 2. The lowest BCUT2D eigenvalue weighted by molar-refractivity contribution is -0.139. The van der Waals surface area contributed by atoms with Gasteiger partial charge in [-0.3, -0.25) is 14.5 Å². The van der Waals surface area contributed by atoms with Crippen LogP contribution in [0.5, 0.6) is 0 Å². The molecule has 1 aliphatic heterocycles. The molecule has 1 unspecified atom stereocenters. The highest BCUT2D eigenvalue weighted by Crippen LogP contribution is 2.25. The third-order valence-electron chi connectivity index (χ3n) is 3.28. The lowest BCUT2D eigenvalue weighted by Gasteiger charge is -2.15. The Hall–Kier alpha value is -0.630. The van der Waals surface area contributed by atoms with E-state index in [9.17, 15) is 9.59 Å². The van der Waals surface area contributed by atoms with Crippen molar-refractivity contribution in [2.45, 2.75) is 38.4 Å². The Balaban J connectivity index is 2.02. The van der Waals surface area contributed by atoms with Gasteiger partial charge < -0.3 is 14.2 Å². The second-order valence-electron chi connectivity index (χ2n) is 5.28. The van der Waals surface area contributed by atoms with E-state index < -0.39 is 0 Å². The van der Waals surface area contributed by atoms with Crippen molar-refractivity contribution in [1.29, 1.82) is 0 Å². The minimum absolute atomic E-state index is 0.0682. The molecule has 0 aromatic heterocycles. The molecule has 2 amide bonds. The Morgan fingerprint density at radius 3 is 2.17 bits per heavy atom. The molecule has 1 rings (SSSR count). The van der Waals surface area contributed by atoms with Gasteiger partial charge in [-0.15, -0.1) is 11.8 Å². The van der Waals surface area contributed by atoms with Crippen LogP contribution in [0.15, 0.2) is 0 Å². The van der Waals surface area contributed by atoms with E-state index in [2.05, 4.69) is 13.8 Å². The van der Waals surface area contributed by atoms with E-state index in [0.717, 1.165) is 25.2 Å². The molecule has 0 aliphatic carbocycles. The highest BCUT2D eigenvalue weighted by atomic mass is 32.2. The zero-order chi connectivity index (χ0) is 16.9. The summed E-state index contributed by atoms with van der Waals surface area (Å²) in [5.41, 5.74) is 0. The van der Waals surface area contributed by atoms with E-state index in [4.69, 9.17) is 14.2 Å². The van der Waals surface area contributed by atoms with E-state index in [1.54, 1.807) is 11.8 Å². The second kappa shape index (κ2) is 12.8. The fraction of sp³-hybridized carbons (Fsp3) is 0.875. The zero-order valence-corrected chi connectivity index (χ0v) is 15.1. The Bertz CT molecular complexity index is 353. The van der Waals surface area contributed by atoms with Gasteiger partial charge in [-0.1, -0.05) is 13.8 Å². The number of likely N-dealkylation sites (tertiary alicyclic amines) is 1. The number of carbonyl (C=O) groups is 2. The number of amides is 2. The SMILES string of the molecule is CCCOCCOCCOCCN1C(=O)CC(SCCC)C1=O. The highest BCUT2D eigenvalue weighted by Gasteiger charge is 2.38. The van der Waals surface area contributed by atoms with Crippen molar-refractivity contribution in [3.05, 3.63) is 0 Å². The van der Waals surface area contributed by atoms with Gasteiger partial charge in [0.1, 0.15) is 0 Å². The first-order valence-electron chi connectivity index (χ1n) is 8.39. The van der Waals surface area contributed by atoms with Crippen LogP contribution >= 0.6 is 11.8 Å². The van der Waals surface area contributed by atoms with Crippen LogP contribution in [0.1, 0.15) is 33.1 Å². The summed E-state index contributed by atoms with van der Waals surface area (Å²) in [5, 5.41) is -0.200. The first-order valence-corrected chi connectivity index (χ1v) is 9.44. The molecule has 1 saturated heterocycles. The van der Waals surface area contributed by atoms with Gasteiger partial charge in [0.2, 0.25) is 11.8 Å². The molecule has 134 valence electrons. The third kappa shape index (κ3) is 8.15. The maximum absolute atomic E-state index is 12.1. The molecule has 6 nitrogen and oxygen atoms in total. The first kappa shape index (κ1) is 20.4. The molecular weight excluding hydrogens is 318 g/mol. The van der Waals surface area contributed by atoms with Gasteiger partial charge in [0.05, 0.1) is 44.8 Å². The third-order valence-corrected chi connectivity index (χ3v) is 4.69. The van der Waals surface area contributed by atoms with Crippen LogP contribution in [-0.4, -0.2) is 73.9 Å². The van der Waals surface area contributed by atoms with E-state index in [0.29, 0.717) is 46.0 Å². The molecule has 1 aliphatic rings. The Morgan fingerprint density at radius 2 is 1.57 bits per heavy atom. The van der Waals surface area contributed by atoms with E-state index in [1.165, 1.54) is 4.90 Å². The number of imide groups is 1. The maximum atomic E-state index is 12.1. The summed E-state index contributed by atoms with van der Waals surface area (Å²) in [7, 11) is 0. The monoisotopic (exact) mass is 347 g/mol. The largest absolute Gasteiger partial charge is 0.379 e. The Morgan fingerprint density at radius 1 is 0.957 bits per heavy atom. The van der Waals surface area contributed by atoms with Gasteiger partial charge in [-0.05, 0) is 18.6 Å². The molecule has 1 heterocycles. The highest BCUT2D eigenvalue weighted by molar-refractivity contribution is 8.00. The summed E-state index contributed by atoms with van der Waals surface area (Å²) in [6.07, 6.45) is 2.34. The summed E-state index contributed by atoms with van der Waals surface area (Å²) < 4.78 is 16.1. The Kier molecular flexibility index (Phi) is 11.3. The molecule has 0 spiro atoms. The smallest absolute Gasteiger partial charge is 0.242 e. The van der Waals surface area contributed by atoms with Gasteiger partial charge in [0.15, 0.2) is 0 Å². The number of hydrogen-bond donors (Lipinski definition) is 0.